The van der Waals surface area contributed by atoms with Crippen molar-refractivity contribution in [2.75, 3.05) is 6.54 Å². The fourth-order valence-electron chi connectivity index (χ4n) is 2.22. The molecule has 0 aromatic heterocycles. The third kappa shape index (κ3) is 5.53. The maximum absolute atomic E-state index is 11.9. The predicted octanol–water partition coefficient (Wildman–Crippen LogP) is 3.54. The normalized spacial score (nSPS) is 10.2. The minimum atomic E-state index is -0.463. The molecule has 23 heavy (non-hydrogen) atoms. The molecule has 0 aliphatic heterocycles. The molecular formula is C18H18BrNO3. The first-order valence-electron chi connectivity index (χ1n) is 7.20. The summed E-state index contributed by atoms with van der Waals surface area (Å²) in [6, 6.07) is 12.9. The van der Waals surface area contributed by atoms with Gasteiger partial charge in [0.25, 0.3) is 5.91 Å². The smallest absolute Gasteiger partial charge is 0.325 e. The molecule has 4 nitrogen and oxygen atoms in total. The van der Waals surface area contributed by atoms with Crippen molar-refractivity contribution in [2.45, 2.75) is 20.5 Å². The van der Waals surface area contributed by atoms with Crippen molar-refractivity contribution in [1.29, 1.82) is 0 Å². The molecule has 0 bridgehead atoms. The highest BCUT2D eigenvalue weighted by molar-refractivity contribution is 9.10. The number of ether oxygens (including phenoxy) is 1. The van der Waals surface area contributed by atoms with E-state index in [4.69, 9.17) is 4.74 Å². The molecule has 2 aromatic carbocycles. The van der Waals surface area contributed by atoms with Gasteiger partial charge in [-0.2, -0.15) is 0 Å². The number of hydrogen-bond donors (Lipinski definition) is 1. The minimum Gasteiger partial charge on any atom is -0.460 e. The van der Waals surface area contributed by atoms with E-state index in [1.54, 1.807) is 24.3 Å². The Morgan fingerprint density at radius 1 is 1.04 bits per heavy atom. The molecule has 0 spiro atoms. The summed E-state index contributed by atoms with van der Waals surface area (Å²) in [5, 5.41) is 2.55. The van der Waals surface area contributed by atoms with Gasteiger partial charge in [-0.05, 0) is 43.7 Å². The van der Waals surface area contributed by atoms with Crippen LogP contribution in [0.25, 0.3) is 0 Å². The van der Waals surface area contributed by atoms with Gasteiger partial charge in [0.1, 0.15) is 13.2 Å². The van der Waals surface area contributed by atoms with Crippen LogP contribution >= 0.6 is 15.9 Å². The summed E-state index contributed by atoms with van der Waals surface area (Å²) >= 11 is 3.30. The van der Waals surface area contributed by atoms with Gasteiger partial charge in [-0.1, -0.05) is 45.3 Å². The highest BCUT2D eigenvalue weighted by Crippen LogP contribution is 2.11. The van der Waals surface area contributed by atoms with Crippen LogP contribution in [0.15, 0.2) is 46.9 Å². The zero-order valence-electron chi connectivity index (χ0n) is 13.1. The lowest BCUT2D eigenvalue weighted by Crippen LogP contribution is -2.30. The van der Waals surface area contributed by atoms with Gasteiger partial charge < -0.3 is 10.1 Å². The van der Waals surface area contributed by atoms with Crippen LogP contribution in [-0.4, -0.2) is 18.4 Å². The van der Waals surface area contributed by atoms with Crippen molar-refractivity contribution < 1.29 is 14.3 Å². The molecule has 0 fully saturated rings. The summed E-state index contributed by atoms with van der Waals surface area (Å²) < 4.78 is 6.07. The van der Waals surface area contributed by atoms with Gasteiger partial charge in [-0.3, -0.25) is 9.59 Å². The summed E-state index contributed by atoms with van der Waals surface area (Å²) in [5.74, 6) is -0.768. The van der Waals surface area contributed by atoms with Gasteiger partial charge in [-0.15, -0.1) is 0 Å². The van der Waals surface area contributed by atoms with E-state index in [9.17, 15) is 9.59 Å². The number of halogens is 1. The van der Waals surface area contributed by atoms with Gasteiger partial charge in [0, 0.05) is 10.0 Å². The van der Waals surface area contributed by atoms with Crippen molar-refractivity contribution >= 4 is 27.8 Å². The van der Waals surface area contributed by atoms with E-state index >= 15 is 0 Å². The molecule has 5 heteroatoms. The molecule has 0 aliphatic carbocycles. The second kappa shape index (κ2) is 7.92. The van der Waals surface area contributed by atoms with E-state index in [2.05, 4.69) is 27.3 Å². The second-order valence-corrected chi connectivity index (χ2v) is 6.26. The molecule has 0 heterocycles. The summed E-state index contributed by atoms with van der Waals surface area (Å²) in [5.41, 5.74) is 3.68. The van der Waals surface area contributed by atoms with Gasteiger partial charge in [0.05, 0.1) is 0 Å². The molecule has 1 N–H and O–H groups in total. The van der Waals surface area contributed by atoms with Crippen LogP contribution in [0.3, 0.4) is 0 Å². The van der Waals surface area contributed by atoms with E-state index in [0.717, 1.165) is 21.2 Å². The van der Waals surface area contributed by atoms with Crippen molar-refractivity contribution in [3.63, 3.8) is 0 Å². The third-order valence-corrected chi connectivity index (χ3v) is 3.71. The maximum atomic E-state index is 11.9. The van der Waals surface area contributed by atoms with Crippen LogP contribution in [0.5, 0.6) is 0 Å². The van der Waals surface area contributed by atoms with Gasteiger partial charge in [0.15, 0.2) is 0 Å². The summed E-state index contributed by atoms with van der Waals surface area (Å²) in [6.07, 6.45) is 0. The van der Waals surface area contributed by atoms with Crippen molar-refractivity contribution in [3.8, 4) is 0 Å². The zero-order chi connectivity index (χ0) is 16.8. The SMILES string of the molecule is Cc1cc(C)cc(COC(=O)CNC(=O)c2ccc(Br)cc2)c1. The summed E-state index contributed by atoms with van der Waals surface area (Å²) in [4.78, 5) is 23.6. The Labute approximate surface area is 144 Å². The van der Waals surface area contributed by atoms with Crippen LogP contribution < -0.4 is 5.32 Å². The maximum Gasteiger partial charge on any atom is 0.325 e. The second-order valence-electron chi connectivity index (χ2n) is 5.35. The average molecular weight is 376 g/mol. The fraction of sp³-hybridized carbons (Fsp3) is 0.222. The van der Waals surface area contributed by atoms with Crippen LogP contribution in [0, 0.1) is 13.8 Å². The number of esters is 1. The number of benzene rings is 2. The minimum absolute atomic E-state index is 0.153. The number of rotatable bonds is 5. The van der Waals surface area contributed by atoms with E-state index < -0.39 is 5.97 Å². The third-order valence-electron chi connectivity index (χ3n) is 3.18. The molecule has 2 rings (SSSR count). The highest BCUT2D eigenvalue weighted by atomic mass is 79.9. The standard InChI is InChI=1S/C18H18BrNO3/c1-12-7-13(2)9-14(8-12)11-23-17(21)10-20-18(22)15-3-5-16(19)6-4-15/h3-9H,10-11H2,1-2H3,(H,20,22). The van der Waals surface area contributed by atoms with E-state index in [0.29, 0.717) is 5.56 Å². The van der Waals surface area contributed by atoms with Crippen molar-refractivity contribution in [3.05, 3.63) is 69.2 Å². The van der Waals surface area contributed by atoms with Gasteiger partial charge >= 0.3 is 5.97 Å². The Balaban J connectivity index is 1.80. The number of carbonyl (C=O) groups excluding carboxylic acids is 2. The molecule has 0 saturated carbocycles. The van der Waals surface area contributed by atoms with E-state index in [-0.39, 0.29) is 19.1 Å². The summed E-state index contributed by atoms with van der Waals surface area (Å²) in [6.45, 7) is 4.04. The number of hydrogen-bond acceptors (Lipinski definition) is 3. The Morgan fingerprint density at radius 2 is 1.65 bits per heavy atom. The lowest BCUT2D eigenvalue weighted by atomic mass is 10.1. The number of carbonyl (C=O) groups is 2. The lowest BCUT2D eigenvalue weighted by Gasteiger charge is -2.08. The molecule has 0 radical (unpaired) electrons. The molecule has 0 unspecified atom stereocenters. The molecule has 120 valence electrons. The first-order valence-corrected chi connectivity index (χ1v) is 8.00. The van der Waals surface area contributed by atoms with Crippen molar-refractivity contribution in [1.82, 2.24) is 5.32 Å². The molecule has 0 atom stereocenters. The monoisotopic (exact) mass is 375 g/mol. The number of aryl methyl sites for hydroxylation is 2. The molecule has 0 aliphatic rings. The van der Waals surface area contributed by atoms with Crippen LogP contribution in [0.2, 0.25) is 0 Å². The predicted molar refractivity (Wildman–Crippen MR) is 92.2 cm³/mol. The van der Waals surface area contributed by atoms with Crippen LogP contribution in [0.4, 0.5) is 0 Å². The van der Waals surface area contributed by atoms with Crippen LogP contribution in [0.1, 0.15) is 27.0 Å². The summed E-state index contributed by atoms with van der Waals surface area (Å²) in [7, 11) is 0. The largest absolute Gasteiger partial charge is 0.460 e. The number of nitrogens with one attached hydrogen (secondary N) is 1. The molecule has 1 amide bonds. The van der Waals surface area contributed by atoms with E-state index in [1.165, 1.54) is 0 Å². The first kappa shape index (κ1) is 17.2. The highest BCUT2D eigenvalue weighted by Gasteiger charge is 2.09. The van der Waals surface area contributed by atoms with Gasteiger partial charge in [-0.25, -0.2) is 0 Å². The fourth-order valence-corrected chi connectivity index (χ4v) is 2.49. The van der Waals surface area contributed by atoms with Crippen molar-refractivity contribution in [2.24, 2.45) is 0 Å². The Morgan fingerprint density at radius 3 is 2.26 bits per heavy atom. The number of amides is 1. The topological polar surface area (TPSA) is 55.4 Å². The first-order chi connectivity index (χ1) is 10.9. The average Bonchev–Trinajstić information content (AvgIpc) is 2.50. The van der Waals surface area contributed by atoms with E-state index in [1.807, 2.05) is 26.0 Å². The molecular weight excluding hydrogens is 358 g/mol. The Bertz CT molecular complexity index is 690. The molecule has 2 aromatic rings. The van der Waals surface area contributed by atoms with Gasteiger partial charge in [0.2, 0.25) is 0 Å². The molecule has 0 saturated heterocycles. The quantitative estimate of drug-likeness (QED) is 0.813. The zero-order valence-corrected chi connectivity index (χ0v) is 14.6. The lowest BCUT2D eigenvalue weighted by molar-refractivity contribution is -0.143. The Kier molecular flexibility index (Phi) is 5.93. The van der Waals surface area contributed by atoms with Crippen LogP contribution in [-0.2, 0) is 16.1 Å². The Hall–Kier alpha value is -2.14.